The van der Waals surface area contributed by atoms with Crippen LogP contribution in [0.2, 0.25) is 0 Å². The highest BCUT2D eigenvalue weighted by Gasteiger charge is 2.30. The van der Waals surface area contributed by atoms with Crippen molar-refractivity contribution in [2.75, 3.05) is 56.7 Å². The predicted octanol–water partition coefficient (Wildman–Crippen LogP) is 0.528. The van der Waals surface area contributed by atoms with Gasteiger partial charge in [0, 0.05) is 32.6 Å². The number of pyridine rings is 1. The maximum absolute atomic E-state index is 8.76. The van der Waals surface area contributed by atoms with Crippen LogP contribution in [0, 0.1) is 11.3 Å². The third-order valence-electron chi connectivity index (χ3n) is 5.59. The second-order valence-electron chi connectivity index (χ2n) is 7.36. The van der Waals surface area contributed by atoms with Crippen molar-refractivity contribution in [2.45, 2.75) is 18.5 Å². The molecule has 10 nitrogen and oxygen atoms in total. The number of amidine groups is 1. The zero-order valence-electron chi connectivity index (χ0n) is 16.2. The molecule has 1 atom stereocenters. The Morgan fingerprint density at radius 1 is 1.21 bits per heavy atom. The largest absolute Gasteiger partial charge is 0.479 e. The van der Waals surface area contributed by atoms with Gasteiger partial charge in [0.1, 0.15) is 17.5 Å². The number of ether oxygens (including phenoxy) is 2. The molecule has 0 bridgehead atoms. The summed E-state index contributed by atoms with van der Waals surface area (Å²) in [5, 5.41) is 11.9. The topological polar surface area (TPSA) is 111 Å². The molecular formula is C19H22N8O2. The van der Waals surface area contributed by atoms with Crippen LogP contribution in [0.1, 0.15) is 6.42 Å². The van der Waals surface area contributed by atoms with E-state index < -0.39 is 0 Å². The number of nitriles is 1. The lowest BCUT2D eigenvalue weighted by atomic mass is 10.0. The van der Waals surface area contributed by atoms with Crippen molar-refractivity contribution in [2.24, 2.45) is 15.0 Å². The maximum Gasteiger partial charge on any atom is 0.239 e. The first-order chi connectivity index (χ1) is 14.2. The molecule has 0 spiro atoms. The average Bonchev–Trinajstić information content (AvgIpc) is 2.64. The van der Waals surface area contributed by atoms with Gasteiger partial charge < -0.3 is 19.7 Å². The van der Waals surface area contributed by atoms with Crippen LogP contribution in [-0.4, -0.2) is 86.0 Å². The number of anilines is 2. The van der Waals surface area contributed by atoms with Crippen LogP contribution in [0.15, 0.2) is 27.1 Å². The molecule has 0 amide bonds. The van der Waals surface area contributed by atoms with Gasteiger partial charge in [-0.25, -0.2) is 0 Å². The minimum absolute atomic E-state index is 0.248. The Balaban J connectivity index is 1.20. The minimum Gasteiger partial charge on any atom is -0.479 e. The molecule has 10 heteroatoms. The summed E-state index contributed by atoms with van der Waals surface area (Å²) in [5.74, 6) is 2.29. The number of methoxy groups -OCH3 is 1. The monoisotopic (exact) mass is 394 g/mol. The minimum atomic E-state index is -0.248. The van der Waals surface area contributed by atoms with Crippen LogP contribution < -0.4 is 15.0 Å². The number of hydrogen-bond acceptors (Lipinski definition) is 10. The van der Waals surface area contributed by atoms with Crippen molar-refractivity contribution < 1.29 is 9.47 Å². The van der Waals surface area contributed by atoms with Gasteiger partial charge in [-0.15, -0.1) is 0 Å². The molecule has 5 rings (SSSR count). The van der Waals surface area contributed by atoms with Crippen LogP contribution in [0.4, 0.5) is 11.5 Å². The molecule has 1 aromatic rings. The smallest absolute Gasteiger partial charge is 0.239 e. The van der Waals surface area contributed by atoms with Gasteiger partial charge in [-0.05, 0) is 12.1 Å². The van der Waals surface area contributed by atoms with Gasteiger partial charge in [0.25, 0.3) is 0 Å². The number of piperazine rings is 1. The van der Waals surface area contributed by atoms with Crippen LogP contribution >= 0.6 is 0 Å². The Bertz CT molecular complexity index is 938. The molecule has 29 heavy (non-hydrogen) atoms. The molecule has 0 saturated carbocycles. The number of aromatic nitrogens is 1. The second-order valence-corrected chi connectivity index (χ2v) is 7.36. The van der Waals surface area contributed by atoms with Crippen LogP contribution in [0.5, 0.6) is 5.88 Å². The molecule has 4 aliphatic heterocycles. The molecule has 1 N–H and O–H groups in total. The second kappa shape index (κ2) is 7.42. The highest BCUT2D eigenvalue weighted by atomic mass is 16.5. The maximum atomic E-state index is 8.76. The summed E-state index contributed by atoms with van der Waals surface area (Å²) in [6.07, 6.45) is 0.619. The standard InChI is InChI=1S/C19H22N8O2/c1-28-18-15(27-6-4-26(5-7-27)13-10-29-11-13)2-3-16(22-18)23-19-24-17(25-19)14-8-12(9-20)21-14/h2-3,12-13H,4-8,10-11H2,1H3,(H,22,23,24,25). The molecular weight excluding hydrogens is 372 g/mol. The summed E-state index contributed by atoms with van der Waals surface area (Å²) < 4.78 is 10.8. The Labute approximate surface area is 168 Å². The molecule has 0 radical (unpaired) electrons. The molecule has 1 aromatic heterocycles. The molecule has 2 fully saturated rings. The Morgan fingerprint density at radius 2 is 1.97 bits per heavy atom. The van der Waals surface area contributed by atoms with E-state index in [9.17, 15) is 0 Å². The number of aliphatic imine (C=N–C) groups is 3. The van der Waals surface area contributed by atoms with Gasteiger partial charge >= 0.3 is 0 Å². The van der Waals surface area contributed by atoms with Crippen molar-refractivity contribution in [3.63, 3.8) is 0 Å². The number of nitrogens with one attached hydrogen (secondary N) is 1. The van der Waals surface area contributed by atoms with Crippen molar-refractivity contribution in [1.82, 2.24) is 9.88 Å². The fourth-order valence-corrected chi connectivity index (χ4v) is 3.74. The molecule has 150 valence electrons. The highest BCUT2D eigenvalue weighted by molar-refractivity contribution is 6.49. The van der Waals surface area contributed by atoms with E-state index >= 15 is 0 Å². The zero-order chi connectivity index (χ0) is 19.8. The van der Waals surface area contributed by atoms with Crippen LogP contribution in [0.3, 0.4) is 0 Å². The molecule has 2 saturated heterocycles. The van der Waals surface area contributed by atoms with Gasteiger partial charge in [0.2, 0.25) is 11.8 Å². The highest BCUT2D eigenvalue weighted by Crippen LogP contribution is 2.29. The van der Waals surface area contributed by atoms with E-state index in [1.54, 1.807) is 7.11 Å². The summed E-state index contributed by atoms with van der Waals surface area (Å²) in [6.45, 7) is 5.61. The van der Waals surface area contributed by atoms with Crippen LogP contribution in [-0.2, 0) is 4.74 Å². The third kappa shape index (κ3) is 3.43. The zero-order valence-corrected chi connectivity index (χ0v) is 16.2. The van der Waals surface area contributed by atoms with Crippen molar-refractivity contribution in [1.29, 1.82) is 5.26 Å². The first kappa shape index (κ1) is 18.0. The van der Waals surface area contributed by atoms with Gasteiger partial charge in [-0.1, -0.05) is 0 Å². The number of rotatable bonds is 5. The number of nitrogens with zero attached hydrogens (tertiary/aromatic N) is 7. The Hall–Kier alpha value is -3.03. The summed E-state index contributed by atoms with van der Waals surface area (Å²) >= 11 is 0. The van der Waals surface area contributed by atoms with Gasteiger partial charge in [0.15, 0.2) is 5.84 Å². The normalized spacial score (nSPS) is 24.2. The quantitative estimate of drug-likeness (QED) is 0.775. The van der Waals surface area contributed by atoms with E-state index in [1.807, 2.05) is 12.1 Å². The fraction of sp³-hybridized carbons (Fsp3) is 0.526. The Morgan fingerprint density at radius 3 is 2.59 bits per heavy atom. The van der Waals surface area contributed by atoms with Crippen molar-refractivity contribution in [3.05, 3.63) is 12.1 Å². The van der Waals surface area contributed by atoms with Gasteiger partial charge in [-0.2, -0.15) is 20.2 Å². The summed E-state index contributed by atoms with van der Waals surface area (Å²) in [7, 11) is 1.63. The Kier molecular flexibility index (Phi) is 4.61. The summed E-state index contributed by atoms with van der Waals surface area (Å²) in [5.41, 5.74) is 1.78. The van der Waals surface area contributed by atoms with Crippen molar-refractivity contribution >= 4 is 29.0 Å². The molecule has 0 aromatic carbocycles. The molecule has 1 unspecified atom stereocenters. The van der Waals surface area contributed by atoms with Gasteiger partial charge in [0.05, 0.1) is 38.1 Å². The van der Waals surface area contributed by atoms with Gasteiger partial charge in [-0.3, -0.25) is 9.89 Å². The fourth-order valence-electron chi connectivity index (χ4n) is 3.74. The lowest BCUT2D eigenvalue weighted by Crippen LogP contribution is -2.56. The molecule has 0 aliphatic carbocycles. The summed E-state index contributed by atoms with van der Waals surface area (Å²) in [4.78, 5) is 22.2. The molecule has 4 aliphatic rings. The molecule has 5 heterocycles. The first-order valence-electron chi connectivity index (χ1n) is 9.76. The van der Waals surface area contributed by atoms with E-state index in [0.29, 0.717) is 36.0 Å². The van der Waals surface area contributed by atoms with E-state index in [0.717, 1.165) is 50.8 Å². The third-order valence-corrected chi connectivity index (χ3v) is 5.59. The van der Waals surface area contributed by atoms with E-state index in [4.69, 9.17) is 14.7 Å². The average molecular weight is 394 g/mol. The first-order valence-corrected chi connectivity index (χ1v) is 9.76. The lowest BCUT2D eigenvalue weighted by Gasteiger charge is -2.43. The SMILES string of the molecule is COc1nc(NC2=NC(C3=NC(C#N)C3)=N2)ccc1N1CCN(C2COC2)CC1. The lowest BCUT2D eigenvalue weighted by molar-refractivity contribution is -0.0660. The van der Waals surface area contributed by atoms with Crippen LogP contribution in [0.25, 0.3) is 0 Å². The van der Waals surface area contributed by atoms with E-state index in [-0.39, 0.29) is 6.04 Å². The predicted molar refractivity (Wildman–Crippen MR) is 109 cm³/mol. The number of hydrogen-bond donors (Lipinski definition) is 1. The number of guanidine groups is 1. The summed E-state index contributed by atoms with van der Waals surface area (Å²) in [6, 6.07) is 6.36. The van der Waals surface area contributed by atoms with Crippen molar-refractivity contribution in [3.8, 4) is 11.9 Å². The van der Waals surface area contributed by atoms with E-state index in [1.165, 1.54) is 0 Å². The van der Waals surface area contributed by atoms with E-state index in [2.05, 4.69) is 41.1 Å².